The maximum atomic E-state index is 12.3. The van der Waals surface area contributed by atoms with E-state index in [1.165, 1.54) is 0 Å². The molecule has 1 aromatic carbocycles. The number of carboxylic acid groups (broad SMARTS) is 1. The van der Waals surface area contributed by atoms with Gasteiger partial charge in [0.15, 0.2) is 0 Å². The highest BCUT2D eigenvalue weighted by Gasteiger charge is 2.41. The van der Waals surface area contributed by atoms with Crippen LogP contribution >= 0.6 is 0 Å². The lowest BCUT2D eigenvalue weighted by Crippen LogP contribution is -2.41. The van der Waals surface area contributed by atoms with Gasteiger partial charge in [0, 0.05) is 17.3 Å². The van der Waals surface area contributed by atoms with Crippen LogP contribution in [-0.4, -0.2) is 28.9 Å². The molecule has 0 saturated heterocycles. The zero-order valence-corrected chi connectivity index (χ0v) is 13.0. The maximum absolute atomic E-state index is 12.3. The predicted molar refractivity (Wildman–Crippen MR) is 84.1 cm³/mol. The molecule has 6 nitrogen and oxygen atoms in total. The number of aryl methyl sites for hydroxylation is 1. The monoisotopic (exact) mass is 316 g/mol. The second-order valence-electron chi connectivity index (χ2n) is 6.40. The van der Waals surface area contributed by atoms with Crippen LogP contribution in [0.3, 0.4) is 0 Å². The van der Waals surface area contributed by atoms with Gasteiger partial charge < -0.3 is 15.7 Å². The topological polar surface area (TPSA) is 95.5 Å². The summed E-state index contributed by atoms with van der Waals surface area (Å²) in [6.45, 7) is 1.84. The Labute approximate surface area is 134 Å². The molecule has 2 atom stereocenters. The number of anilines is 1. The van der Waals surface area contributed by atoms with Crippen molar-refractivity contribution < 1.29 is 19.5 Å². The number of aliphatic carboxylic acids is 1. The molecule has 122 valence electrons. The number of amides is 2. The SMILES string of the molecule is Cc1ccc(C(=O)NC2CC2)cc1NC(=O)C1CCC1C(=O)O. The molecule has 3 rings (SSSR count). The molecule has 0 spiro atoms. The summed E-state index contributed by atoms with van der Waals surface area (Å²) in [6.07, 6.45) is 3.15. The molecule has 0 aromatic heterocycles. The van der Waals surface area contributed by atoms with Crippen LogP contribution in [0, 0.1) is 18.8 Å². The van der Waals surface area contributed by atoms with Gasteiger partial charge in [-0.1, -0.05) is 6.07 Å². The Morgan fingerprint density at radius 1 is 1.09 bits per heavy atom. The molecule has 0 heterocycles. The summed E-state index contributed by atoms with van der Waals surface area (Å²) in [4.78, 5) is 35.4. The van der Waals surface area contributed by atoms with Crippen molar-refractivity contribution in [3.63, 3.8) is 0 Å². The highest BCUT2D eigenvalue weighted by Crippen LogP contribution is 2.35. The number of carbonyl (C=O) groups excluding carboxylic acids is 2. The highest BCUT2D eigenvalue weighted by atomic mass is 16.4. The minimum atomic E-state index is -0.925. The number of nitrogens with one attached hydrogen (secondary N) is 2. The first kappa shape index (κ1) is 15.5. The quantitative estimate of drug-likeness (QED) is 0.773. The van der Waals surface area contributed by atoms with Gasteiger partial charge >= 0.3 is 5.97 Å². The van der Waals surface area contributed by atoms with E-state index < -0.39 is 17.8 Å². The van der Waals surface area contributed by atoms with E-state index in [0.29, 0.717) is 24.1 Å². The number of benzene rings is 1. The number of hydrogen-bond donors (Lipinski definition) is 3. The van der Waals surface area contributed by atoms with E-state index in [4.69, 9.17) is 5.11 Å². The van der Waals surface area contributed by atoms with E-state index in [2.05, 4.69) is 10.6 Å². The molecule has 2 aliphatic carbocycles. The van der Waals surface area contributed by atoms with Crippen molar-refractivity contribution in [2.45, 2.75) is 38.6 Å². The van der Waals surface area contributed by atoms with Crippen LogP contribution < -0.4 is 10.6 Å². The molecule has 2 amide bonds. The third kappa shape index (κ3) is 3.36. The number of rotatable bonds is 5. The van der Waals surface area contributed by atoms with Crippen molar-refractivity contribution in [1.82, 2.24) is 5.32 Å². The standard InChI is InChI=1S/C17H20N2O4/c1-9-2-3-10(15(20)18-11-4-5-11)8-14(9)19-16(21)12-6-7-13(12)17(22)23/h2-3,8,11-13H,4-7H2,1H3,(H,18,20)(H,19,21)(H,22,23). The number of carbonyl (C=O) groups is 3. The van der Waals surface area contributed by atoms with E-state index in [1.807, 2.05) is 6.92 Å². The van der Waals surface area contributed by atoms with Crippen LogP contribution in [0.2, 0.25) is 0 Å². The van der Waals surface area contributed by atoms with E-state index in [-0.39, 0.29) is 17.9 Å². The van der Waals surface area contributed by atoms with Crippen LogP contribution in [0.5, 0.6) is 0 Å². The first-order valence-corrected chi connectivity index (χ1v) is 7.91. The van der Waals surface area contributed by atoms with Crippen LogP contribution in [-0.2, 0) is 9.59 Å². The molecule has 2 unspecified atom stereocenters. The zero-order chi connectivity index (χ0) is 16.6. The smallest absolute Gasteiger partial charge is 0.307 e. The third-order valence-electron chi connectivity index (χ3n) is 4.60. The van der Waals surface area contributed by atoms with Crippen LogP contribution in [0.4, 0.5) is 5.69 Å². The van der Waals surface area contributed by atoms with Crippen molar-refractivity contribution in [1.29, 1.82) is 0 Å². The van der Waals surface area contributed by atoms with Gasteiger partial charge in [0.1, 0.15) is 0 Å². The second kappa shape index (κ2) is 6.02. The van der Waals surface area contributed by atoms with Gasteiger partial charge in [-0.3, -0.25) is 14.4 Å². The van der Waals surface area contributed by atoms with E-state index in [0.717, 1.165) is 18.4 Å². The number of carboxylic acids is 1. The lowest BCUT2D eigenvalue weighted by atomic mass is 9.73. The molecule has 0 aliphatic heterocycles. The molecule has 2 aliphatic rings. The molecule has 6 heteroatoms. The fraction of sp³-hybridized carbons (Fsp3) is 0.471. The average molecular weight is 316 g/mol. The molecule has 23 heavy (non-hydrogen) atoms. The molecular weight excluding hydrogens is 296 g/mol. The van der Waals surface area contributed by atoms with Gasteiger partial charge in [-0.2, -0.15) is 0 Å². The van der Waals surface area contributed by atoms with Gasteiger partial charge in [0.05, 0.1) is 11.8 Å². The van der Waals surface area contributed by atoms with Crippen molar-refractivity contribution in [2.75, 3.05) is 5.32 Å². The third-order valence-corrected chi connectivity index (χ3v) is 4.60. The van der Waals surface area contributed by atoms with Gasteiger partial charge in [0.2, 0.25) is 5.91 Å². The molecule has 0 radical (unpaired) electrons. The summed E-state index contributed by atoms with van der Waals surface area (Å²) in [6, 6.07) is 5.44. The lowest BCUT2D eigenvalue weighted by molar-refractivity contribution is -0.151. The van der Waals surface area contributed by atoms with Crippen LogP contribution in [0.1, 0.15) is 41.6 Å². The molecule has 0 bridgehead atoms. The van der Waals surface area contributed by atoms with Crippen molar-refractivity contribution >= 4 is 23.5 Å². The Morgan fingerprint density at radius 3 is 2.35 bits per heavy atom. The largest absolute Gasteiger partial charge is 0.481 e. The fourth-order valence-corrected chi connectivity index (χ4v) is 2.73. The molecule has 3 N–H and O–H groups in total. The van der Waals surface area contributed by atoms with Crippen molar-refractivity contribution in [2.24, 2.45) is 11.8 Å². The normalized spacial score (nSPS) is 22.8. The molecular formula is C17H20N2O4. The minimum absolute atomic E-state index is 0.143. The summed E-state index contributed by atoms with van der Waals surface area (Å²) in [7, 11) is 0. The minimum Gasteiger partial charge on any atom is -0.481 e. The Morgan fingerprint density at radius 2 is 1.78 bits per heavy atom. The number of hydrogen-bond acceptors (Lipinski definition) is 3. The average Bonchev–Trinajstić information content (AvgIpc) is 3.23. The van der Waals surface area contributed by atoms with Crippen LogP contribution in [0.15, 0.2) is 18.2 Å². The summed E-state index contributed by atoms with van der Waals surface area (Å²) in [5.74, 6) is -2.44. The van der Waals surface area contributed by atoms with E-state index in [1.54, 1.807) is 18.2 Å². The summed E-state index contributed by atoms with van der Waals surface area (Å²) in [5, 5.41) is 14.7. The first-order chi connectivity index (χ1) is 11.0. The zero-order valence-electron chi connectivity index (χ0n) is 13.0. The fourth-order valence-electron chi connectivity index (χ4n) is 2.73. The predicted octanol–water partition coefficient (Wildman–Crippen LogP) is 1.94. The van der Waals surface area contributed by atoms with Crippen molar-refractivity contribution in [3.8, 4) is 0 Å². The van der Waals surface area contributed by atoms with Gasteiger partial charge in [0.25, 0.3) is 5.91 Å². The maximum Gasteiger partial charge on any atom is 0.307 e. The van der Waals surface area contributed by atoms with E-state index >= 15 is 0 Å². The van der Waals surface area contributed by atoms with Gasteiger partial charge in [-0.25, -0.2) is 0 Å². The molecule has 2 saturated carbocycles. The highest BCUT2D eigenvalue weighted by molar-refractivity contribution is 5.99. The van der Waals surface area contributed by atoms with E-state index in [9.17, 15) is 14.4 Å². The van der Waals surface area contributed by atoms with Gasteiger partial charge in [-0.05, 0) is 50.3 Å². The Balaban J connectivity index is 1.70. The Bertz CT molecular complexity index is 667. The summed E-state index contributed by atoms with van der Waals surface area (Å²) < 4.78 is 0. The second-order valence-corrected chi connectivity index (χ2v) is 6.40. The van der Waals surface area contributed by atoms with Crippen LogP contribution in [0.25, 0.3) is 0 Å². The molecule has 2 fully saturated rings. The lowest BCUT2D eigenvalue weighted by Gasteiger charge is -2.32. The van der Waals surface area contributed by atoms with Crippen molar-refractivity contribution in [3.05, 3.63) is 29.3 Å². The summed E-state index contributed by atoms with van der Waals surface area (Å²) in [5.41, 5.74) is 1.91. The molecule has 1 aromatic rings. The van der Waals surface area contributed by atoms with Gasteiger partial charge in [-0.15, -0.1) is 0 Å². The Hall–Kier alpha value is -2.37. The first-order valence-electron chi connectivity index (χ1n) is 7.91. The Kier molecular flexibility index (Phi) is 4.07. The summed E-state index contributed by atoms with van der Waals surface area (Å²) >= 11 is 0.